The summed E-state index contributed by atoms with van der Waals surface area (Å²) in [4.78, 5) is 0.0544. The second-order valence-electron chi connectivity index (χ2n) is 4.28. The van der Waals surface area contributed by atoms with E-state index >= 15 is 0 Å². The van der Waals surface area contributed by atoms with Gasteiger partial charge in [-0.1, -0.05) is 0 Å². The second kappa shape index (κ2) is 6.78. The summed E-state index contributed by atoms with van der Waals surface area (Å²) in [5.41, 5.74) is 0. The molecule has 0 aromatic heterocycles. The molecular weight excluding hydrogens is 337 g/mol. The molecule has 1 aromatic carbocycles. The van der Waals surface area contributed by atoms with Crippen molar-refractivity contribution in [3.8, 4) is 0 Å². The van der Waals surface area contributed by atoms with Crippen LogP contribution in [0.5, 0.6) is 0 Å². The van der Waals surface area contributed by atoms with Gasteiger partial charge < -0.3 is 4.74 Å². The summed E-state index contributed by atoms with van der Waals surface area (Å²) < 4.78 is 44.6. The van der Waals surface area contributed by atoms with Crippen LogP contribution in [-0.2, 0) is 14.8 Å². The third-order valence-corrected chi connectivity index (χ3v) is 5.62. The number of sulfonamides is 1. The molecule has 0 atom stereocenters. The Balaban J connectivity index is 3.19. The van der Waals surface area contributed by atoms with Crippen LogP contribution in [0.4, 0.5) is 4.39 Å². The number of hydrogen-bond donors (Lipinski definition) is 0. The molecule has 0 unspecified atom stereocenters. The molecule has 0 amide bonds. The van der Waals surface area contributed by atoms with E-state index in [0.29, 0.717) is 6.61 Å². The topological polar surface area (TPSA) is 46.6 Å². The predicted octanol–water partition coefficient (Wildman–Crippen LogP) is 2.63. The number of halogens is 2. The van der Waals surface area contributed by atoms with E-state index in [1.807, 2.05) is 0 Å². The minimum atomic E-state index is -3.68. The van der Waals surface area contributed by atoms with Crippen LogP contribution in [-0.4, -0.2) is 39.0 Å². The van der Waals surface area contributed by atoms with Gasteiger partial charge in [-0.3, -0.25) is 0 Å². The van der Waals surface area contributed by atoms with Crippen molar-refractivity contribution in [3.63, 3.8) is 0 Å². The lowest BCUT2D eigenvalue weighted by atomic mass is 10.3. The number of methoxy groups -OCH3 is 1. The average molecular weight is 354 g/mol. The zero-order valence-electron chi connectivity index (χ0n) is 11.1. The monoisotopic (exact) mass is 353 g/mol. The smallest absolute Gasteiger partial charge is 0.244 e. The van der Waals surface area contributed by atoms with Gasteiger partial charge in [0.05, 0.1) is 11.5 Å². The summed E-state index contributed by atoms with van der Waals surface area (Å²) in [6, 6.07) is 3.32. The molecule has 0 radical (unpaired) electrons. The Kier molecular flexibility index (Phi) is 5.91. The van der Waals surface area contributed by atoms with Crippen LogP contribution in [0.25, 0.3) is 0 Å². The van der Waals surface area contributed by atoms with Gasteiger partial charge in [-0.15, -0.1) is 0 Å². The first kappa shape index (κ1) is 16.6. The highest BCUT2D eigenvalue weighted by Crippen LogP contribution is 2.26. The van der Waals surface area contributed by atoms with Crippen molar-refractivity contribution < 1.29 is 17.5 Å². The van der Waals surface area contributed by atoms with Crippen LogP contribution < -0.4 is 0 Å². The van der Waals surface area contributed by atoms with E-state index < -0.39 is 15.8 Å². The minimum Gasteiger partial charge on any atom is -0.383 e. The summed E-state index contributed by atoms with van der Waals surface area (Å²) in [5.74, 6) is -0.487. The molecular formula is C12H17BrFNO3S. The van der Waals surface area contributed by atoms with Gasteiger partial charge in [-0.05, 0) is 48.0 Å². The highest BCUT2D eigenvalue weighted by Gasteiger charge is 2.28. The van der Waals surface area contributed by atoms with Crippen molar-refractivity contribution in [3.05, 3.63) is 28.5 Å². The molecule has 0 aliphatic heterocycles. The normalized spacial score (nSPS) is 12.4. The fourth-order valence-corrected chi connectivity index (χ4v) is 4.28. The Morgan fingerprint density at radius 1 is 1.42 bits per heavy atom. The van der Waals surface area contributed by atoms with Gasteiger partial charge in [-0.2, -0.15) is 4.31 Å². The molecule has 7 heteroatoms. The van der Waals surface area contributed by atoms with Crippen molar-refractivity contribution in [1.82, 2.24) is 4.31 Å². The van der Waals surface area contributed by atoms with Gasteiger partial charge in [0.25, 0.3) is 0 Å². The van der Waals surface area contributed by atoms with E-state index in [1.165, 1.54) is 17.5 Å². The Bertz CT molecular complexity index is 534. The summed E-state index contributed by atoms with van der Waals surface area (Å²) in [5, 5.41) is 0. The zero-order valence-corrected chi connectivity index (χ0v) is 13.5. The van der Waals surface area contributed by atoms with E-state index in [9.17, 15) is 12.8 Å². The van der Waals surface area contributed by atoms with Crippen LogP contribution in [0.15, 0.2) is 27.6 Å². The van der Waals surface area contributed by atoms with Gasteiger partial charge in [0.2, 0.25) is 10.0 Å². The van der Waals surface area contributed by atoms with Crippen molar-refractivity contribution in [1.29, 1.82) is 0 Å². The maximum atomic E-state index is 13.0. The molecule has 0 bridgehead atoms. The molecule has 0 heterocycles. The van der Waals surface area contributed by atoms with Crippen molar-refractivity contribution in [2.24, 2.45) is 0 Å². The summed E-state index contributed by atoms with van der Waals surface area (Å²) in [7, 11) is -2.17. The zero-order chi connectivity index (χ0) is 14.6. The lowest BCUT2D eigenvalue weighted by Crippen LogP contribution is -2.39. The SMILES string of the molecule is COCCN(C(C)C)S(=O)(=O)c1ccc(F)cc1Br. The number of ether oxygens (including phenoxy) is 1. The molecule has 0 fully saturated rings. The fraction of sp³-hybridized carbons (Fsp3) is 0.500. The molecule has 0 aliphatic rings. The van der Waals surface area contributed by atoms with Crippen LogP contribution in [0, 0.1) is 5.82 Å². The first-order valence-electron chi connectivity index (χ1n) is 5.76. The molecule has 108 valence electrons. The Morgan fingerprint density at radius 2 is 2.05 bits per heavy atom. The van der Waals surface area contributed by atoms with E-state index in [2.05, 4.69) is 15.9 Å². The molecule has 0 saturated heterocycles. The standard InChI is InChI=1S/C12H17BrFNO3S/c1-9(2)15(6-7-18-3)19(16,17)12-5-4-10(14)8-11(12)13/h4-5,8-9H,6-7H2,1-3H3. The van der Waals surface area contributed by atoms with E-state index in [0.717, 1.165) is 12.1 Å². The lowest BCUT2D eigenvalue weighted by Gasteiger charge is -2.26. The minimum absolute atomic E-state index is 0.0544. The summed E-state index contributed by atoms with van der Waals surface area (Å²) in [6.07, 6.45) is 0. The number of rotatable bonds is 6. The molecule has 19 heavy (non-hydrogen) atoms. The first-order chi connectivity index (χ1) is 8.80. The second-order valence-corrected chi connectivity index (χ2v) is 6.99. The maximum Gasteiger partial charge on any atom is 0.244 e. The Morgan fingerprint density at radius 3 is 2.53 bits per heavy atom. The molecule has 1 aromatic rings. The van der Waals surface area contributed by atoms with Crippen molar-refractivity contribution in [2.45, 2.75) is 24.8 Å². The maximum absolute atomic E-state index is 13.0. The molecule has 0 N–H and O–H groups in total. The van der Waals surface area contributed by atoms with Gasteiger partial charge in [0, 0.05) is 24.2 Å². The van der Waals surface area contributed by atoms with Crippen molar-refractivity contribution in [2.75, 3.05) is 20.3 Å². The Hall–Kier alpha value is -0.500. The van der Waals surface area contributed by atoms with Gasteiger partial charge in [0.1, 0.15) is 5.82 Å². The van der Waals surface area contributed by atoms with Gasteiger partial charge in [0.15, 0.2) is 0 Å². The quantitative estimate of drug-likeness (QED) is 0.789. The van der Waals surface area contributed by atoms with Crippen LogP contribution in [0.3, 0.4) is 0 Å². The fourth-order valence-electron chi connectivity index (χ4n) is 1.65. The van der Waals surface area contributed by atoms with Gasteiger partial charge >= 0.3 is 0 Å². The molecule has 0 saturated carbocycles. The predicted molar refractivity (Wildman–Crippen MR) is 75.0 cm³/mol. The van der Waals surface area contributed by atoms with Crippen LogP contribution >= 0.6 is 15.9 Å². The van der Waals surface area contributed by atoms with Crippen molar-refractivity contribution >= 4 is 26.0 Å². The van der Waals surface area contributed by atoms with E-state index in [1.54, 1.807) is 13.8 Å². The third kappa shape index (κ3) is 3.98. The molecule has 4 nitrogen and oxygen atoms in total. The number of hydrogen-bond acceptors (Lipinski definition) is 3. The lowest BCUT2D eigenvalue weighted by molar-refractivity contribution is 0.171. The first-order valence-corrected chi connectivity index (χ1v) is 8.00. The van der Waals surface area contributed by atoms with Crippen LogP contribution in [0.2, 0.25) is 0 Å². The highest BCUT2D eigenvalue weighted by atomic mass is 79.9. The highest BCUT2D eigenvalue weighted by molar-refractivity contribution is 9.10. The third-order valence-electron chi connectivity index (χ3n) is 2.57. The average Bonchev–Trinajstić information content (AvgIpc) is 2.27. The largest absolute Gasteiger partial charge is 0.383 e. The number of benzene rings is 1. The van der Waals surface area contributed by atoms with Gasteiger partial charge in [-0.25, -0.2) is 12.8 Å². The Labute approximate surface area is 121 Å². The summed E-state index contributed by atoms with van der Waals surface area (Å²) in [6.45, 7) is 4.12. The van der Waals surface area contributed by atoms with Crippen LogP contribution in [0.1, 0.15) is 13.8 Å². The summed E-state index contributed by atoms with van der Waals surface area (Å²) >= 11 is 3.09. The van der Waals surface area contributed by atoms with E-state index in [-0.39, 0.29) is 22.0 Å². The molecule has 0 spiro atoms. The molecule has 0 aliphatic carbocycles. The number of nitrogens with zero attached hydrogens (tertiary/aromatic N) is 1. The van der Waals surface area contributed by atoms with E-state index in [4.69, 9.17) is 4.74 Å². The molecule has 1 rings (SSSR count).